The molecule has 0 radical (unpaired) electrons. The number of para-hydroxylation sites is 1. The van der Waals surface area contributed by atoms with Crippen LogP contribution >= 0.6 is 0 Å². The highest BCUT2D eigenvalue weighted by Crippen LogP contribution is 2.44. The number of likely N-dealkylation sites (N-methyl/N-ethyl adjacent to an activating group) is 2. The maximum Gasteiger partial charge on any atom is 0.255 e. The molecule has 2 heterocycles. The summed E-state index contributed by atoms with van der Waals surface area (Å²) in [6, 6.07) is 11.8. The summed E-state index contributed by atoms with van der Waals surface area (Å²) in [4.78, 5) is 19.4. The van der Waals surface area contributed by atoms with Gasteiger partial charge in [0.25, 0.3) is 5.91 Å². The van der Waals surface area contributed by atoms with E-state index in [-0.39, 0.29) is 36.3 Å². The zero-order valence-electron chi connectivity index (χ0n) is 21.0. The third-order valence-electron chi connectivity index (χ3n) is 8.03. The van der Waals surface area contributed by atoms with Crippen LogP contribution in [0.3, 0.4) is 0 Å². The molecule has 1 N–H and O–H groups in total. The standard InChI is InChI=1S/C28H35FN4O2/c1-30(2)25-17-33(24-12-11-18-7-5-10-23(29)26(18)24)16-22(25)21-15-32(4)27-19(21)8-6-9-20(27)28(35)31(3)13-14-34/h5-10,15,22,24-25,34H,11-14,16-17H2,1-4H3/t22-,24?,25+/m1/s1. The van der Waals surface area contributed by atoms with Crippen LogP contribution in [0.15, 0.2) is 42.6 Å². The predicted octanol–water partition coefficient (Wildman–Crippen LogP) is 3.40. The van der Waals surface area contributed by atoms with Gasteiger partial charge in [0.05, 0.1) is 17.7 Å². The summed E-state index contributed by atoms with van der Waals surface area (Å²) in [5.41, 5.74) is 4.82. The van der Waals surface area contributed by atoms with Crippen LogP contribution in [0.5, 0.6) is 0 Å². The Hall–Kier alpha value is -2.74. The molecule has 1 aliphatic heterocycles. The Morgan fingerprint density at radius 2 is 1.91 bits per heavy atom. The summed E-state index contributed by atoms with van der Waals surface area (Å²) in [6.45, 7) is 1.96. The van der Waals surface area contributed by atoms with E-state index in [9.17, 15) is 14.3 Å². The SMILES string of the molecule is CN(CCO)C(=O)c1cccc2c([C@H]3CN(C4CCc5cccc(F)c54)C[C@@H]3N(C)C)cn(C)c12. The number of aliphatic hydroxyl groups is 1. The van der Waals surface area contributed by atoms with Crippen molar-refractivity contribution < 1.29 is 14.3 Å². The Bertz CT molecular complexity index is 1250. The van der Waals surface area contributed by atoms with Gasteiger partial charge in [-0.2, -0.15) is 0 Å². The molecule has 1 unspecified atom stereocenters. The number of fused-ring (bicyclic) bond motifs is 2. The van der Waals surface area contributed by atoms with Crippen LogP contribution in [0.4, 0.5) is 4.39 Å². The number of hydrogen-bond donors (Lipinski definition) is 1. The Morgan fingerprint density at radius 3 is 2.66 bits per heavy atom. The minimum absolute atomic E-state index is 0.0656. The summed E-state index contributed by atoms with van der Waals surface area (Å²) in [7, 11) is 7.95. The van der Waals surface area contributed by atoms with Crippen LogP contribution < -0.4 is 0 Å². The largest absolute Gasteiger partial charge is 0.395 e. The second-order valence-corrected chi connectivity index (χ2v) is 10.3. The van der Waals surface area contributed by atoms with Crippen molar-refractivity contribution in [3.63, 3.8) is 0 Å². The smallest absolute Gasteiger partial charge is 0.255 e. The molecule has 2 aliphatic rings. The van der Waals surface area contributed by atoms with Crippen molar-refractivity contribution in [2.75, 3.05) is 47.4 Å². The number of carbonyl (C=O) groups excluding carboxylic acids is 1. The summed E-state index contributed by atoms with van der Waals surface area (Å²) in [5, 5.41) is 10.4. The number of carbonyl (C=O) groups is 1. The third-order valence-corrected chi connectivity index (χ3v) is 8.03. The van der Waals surface area contributed by atoms with Gasteiger partial charge in [-0.1, -0.05) is 24.3 Å². The number of aromatic nitrogens is 1. The van der Waals surface area contributed by atoms with E-state index in [2.05, 4.69) is 46.8 Å². The van der Waals surface area contributed by atoms with E-state index in [4.69, 9.17) is 0 Å². The Labute approximate surface area is 206 Å². The number of aliphatic hydroxyl groups excluding tert-OH is 1. The Morgan fingerprint density at radius 1 is 1.14 bits per heavy atom. The van der Waals surface area contributed by atoms with Crippen molar-refractivity contribution in [1.29, 1.82) is 0 Å². The van der Waals surface area contributed by atoms with E-state index in [0.29, 0.717) is 12.1 Å². The van der Waals surface area contributed by atoms with Crippen molar-refractivity contribution in [3.05, 3.63) is 70.7 Å². The molecule has 1 saturated heterocycles. The van der Waals surface area contributed by atoms with Crippen LogP contribution in [0.1, 0.15) is 45.4 Å². The average Bonchev–Trinajstić information content (AvgIpc) is 3.54. The first-order valence-corrected chi connectivity index (χ1v) is 12.4. The van der Waals surface area contributed by atoms with Crippen molar-refractivity contribution in [2.24, 2.45) is 7.05 Å². The lowest BCUT2D eigenvalue weighted by Crippen LogP contribution is -2.35. The van der Waals surface area contributed by atoms with Gasteiger partial charge < -0.3 is 19.5 Å². The van der Waals surface area contributed by atoms with Gasteiger partial charge in [0.2, 0.25) is 0 Å². The Kier molecular flexibility index (Phi) is 6.42. The van der Waals surface area contributed by atoms with Crippen LogP contribution in [0.25, 0.3) is 10.9 Å². The quantitative estimate of drug-likeness (QED) is 0.590. The topological polar surface area (TPSA) is 52.0 Å². The van der Waals surface area contributed by atoms with Gasteiger partial charge in [-0.25, -0.2) is 4.39 Å². The molecule has 1 aromatic heterocycles. The van der Waals surface area contributed by atoms with Gasteiger partial charge in [-0.3, -0.25) is 9.69 Å². The van der Waals surface area contributed by atoms with E-state index >= 15 is 0 Å². The fraction of sp³-hybridized carbons (Fsp3) is 0.464. The molecule has 1 amide bonds. The maximum absolute atomic E-state index is 14.8. The third kappa shape index (κ3) is 4.05. The Balaban J connectivity index is 1.52. The molecule has 2 aromatic carbocycles. The normalized spacial score (nSPS) is 22.3. The number of halogens is 1. The zero-order valence-corrected chi connectivity index (χ0v) is 21.0. The summed E-state index contributed by atoms with van der Waals surface area (Å²) >= 11 is 0. The summed E-state index contributed by atoms with van der Waals surface area (Å²) in [5.74, 6) is 0.0628. The van der Waals surface area contributed by atoms with E-state index in [0.717, 1.165) is 48.0 Å². The van der Waals surface area contributed by atoms with Gasteiger partial charge in [0, 0.05) is 68.9 Å². The van der Waals surface area contributed by atoms with E-state index in [1.807, 2.05) is 25.2 Å². The van der Waals surface area contributed by atoms with Crippen LogP contribution in [0, 0.1) is 5.82 Å². The van der Waals surface area contributed by atoms with E-state index in [1.165, 1.54) is 5.56 Å². The molecule has 0 saturated carbocycles. The zero-order chi connectivity index (χ0) is 24.9. The van der Waals surface area contributed by atoms with Crippen molar-refractivity contribution >= 4 is 16.8 Å². The van der Waals surface area contributed by atoms with Gasteiger partial charge in [0.1, 0.15) is 5.82 Å². The molecule has 6 nitrogen and oxygen atoms in total. The number of rotatable bonds is 6. The predicted molar refractivity (Wildman–Crippen MR) is 136 cm³/mol. The first-order chi connectivity index (χ1) is 16.8. The number of amides is 1. The fourth-order valence-corrected chi connectivity index (χ4v) is 6.30. The summed E-state index contributed by atoms with van der Waals surface area (Å²) in [6.07, 6.45) is 4.04. The molecule has 186 valence electrons. The lowest BCUT2D eigenvalue weighted by atomic mass is 9.92. The molecule has 1 aliphatic carbocycles. The fourth-order valence-electron chi connectivity index (χ4n) is 6.30. The van der Waals surface area contributed by atoms with Crippen LogP contribution in [0.2, 0.25) is 0 Å². The van der Waals surface area contributed by atoms with Crippen LogP contribution in [-0.4, -0.2) is 83.7 Å². The maximum atomic E-state index is 14.8. The second kappa shape index (κ2) is 9.37. The highest BCUT2D eigenvalue weighted by atomic mass is 19.1. The van der Waals surface area contributed by atoms with Gasteiger partial charge >= 0.3 is 0 Å². The molecule has 35 heavy (non-hydrogen) atoms. The molecule has 3 atom stereocenters. The number of aryl methyl sites for hydroxylation is 2. The van der Waals surface area contributed by atoms with E-state index in [1.54, 1.807) is 18.0 Å². The average molecular weight is 479 g/mol. The molecular formula is C28H35FN4O2. The monoisotopic (exact) mass is 478 g/mol. The lowest BCUT2D eigenvalue weighted by Gasteiger charge is -2.26. The van der Waals surface area contributed by atoms with Crippen molar-refractivity contribution in [3.8, 4) is 0 Å². The van der Waals surface area contributed by atoms with E-state index < -0.39 is 0 Å². The number of nitrogens with zero attached hydrogens (tertiary/aromatic N) is 4. The minimum Gasteiger partial charge on any atom is -0.395 e. The van der Waals surface area contributed by atoms with Crippen molar-refractivity contribution in [1.82, 2.24) is 19.3 Å². The van der Waals surface area contributed by atoms with Crippen molar-refractivity contribution in [2.45, 2.75) is 30.8 Å². The summed E-state index contributed by atoms with van der Waals surface area (Å²) < 4.78 is 16.9. The highest BCUT2D eigenvalue weighted by Gasteiger charge is 2.42. The number of hydrogen-bond acceptors (Lipinski definition) is 4. The first-order valence-electron chi connectivity index (χ1n) is 12.4. The first kappa shape index (κ1) is 24.0. The molecule has 1 fully saturated rings. The molecule has 0 bridgehead atoms. The van der Waals surface area contributed by atoms with Gasteiger partial charge in [0.15, 0.2) is 0 Å². The lowest BCUT2D eigenvalue weighted by molar-refractivity contribution is 0.0768. The second-order valence-electron chi connectivity index (χ2n) is 10.3. The molecule has 3 aromatic rings. The molecular weight excluding hydrogens is 443 g/mol. The molecule has 5 rings (SSSR count). The number of likely N-dealkylation sites (tertiary alicyclic amines) is 1. The van der Waals surface area contributed by atoms with Gasteiger partial charge in [-0.15, -0.1) is 0 Å². The van der Waals surface area contributed by atoms with Crippen LogP contribution in [-0.2, 0) is 13.5 Å². The molecule has 7 heteroatoms. The minimum atomic E-state index is -0.0901. The highest BCUT2D eigenvalue weighted by molar-refractivity contribution is 6.06. The van der Waals surface area contributed by atoms with Gasteiger partial charge in [-0.05, 0) is 50.2 Å². The number of benzene rings is 2. The molecule has 0 spiro atoms.